The third-order valence-corrected chi connectivity index (χ3v) is 4.46. The van der Waals surface area contributed by atoms with Crippen molar-refractivity contribution in [1.82, 2.24) is 9.88 Å². The number of carbonyl (C=O) groups is 3. The molecule has 1 aromatic carbocycles. The van der Waals surface area contributed by atoms with E-state index < -0.39 is 12.0 Å². The molecule has 6 heteroatoms. The van der Waals surface area contributed by atoms with E-state index in [2.05, 4.69) is 4.98 Å². The van der Waals surface area contributed by atoms with Gasteiger partial charge in [0.05, 0.1) is 12.6 Å². The van der Waals surface area contributed by atoms with Crippen LogP contribution in [0.3, 0.4) is 0 Å². The number of amides is 1. The number of carbonyl (C=O) groups excluding carboxylic acids is 3. The lowest BCUT2D eigenvalue weighted by Gasteiger charge is -2.24. The van der Waals surface area contributed by atoms with Gasteiger partial charge in [-0.2, -0.15) is 0 Å². The molecule has 1 amide bonds. The molecule has 0 saturated heterocycles. The molecule has 0 aliphatic carbocycles. The van der Waals surface area contributed by atoms with Crippen LogP contribution in [0.1, 0.15) is 56.3 Å². The number of hydrogen-bond acceptors (Lipinski definition) is 4. The lowest BCUT2D eigenvalue weighted by atomic mass is 9.99. The van der Waals surface area contributed by atoms with Crippen LogP contribution >= 0.6 is 0 Å². The van der Waals surface area contributed by atoms with Crippen molar-refractivity contribution in [3.05, 3.63) is 58.4 Å². The van der Waals surface area contributed by atoms with Crippen molar-refractivity contribution in [3.8, 4) is 0 Å². The summed E-state index contributed by atoms with van der Waals surface area (Å²) in [7, 11) is 1.60. The minimum absolute atomic E-state index is 0.224. The van der Waals surface area contributed by atoms with Gasteiger partial charge in [-0.25, -0.2) is 4.79 Å². The van der Waals surface area contributed by atoms with Crippen LogP contribution in [0.15, 0.2) is 30.3 Å². The molecule has 0 spiro atoms. The molecular formula is C20H24N2O4. The van der Waals surface area contributed by atoms with Crippen molar-refractivity contribution >= 4 is 17.7 Å². The van der Waals surface area contributed by atoms with Gasteiger partial charge in [0, 0.05) is 23.9 Å². The van der Waals surface area contributed by atoms with Crippen molar-refractivity contribution in [2.45, 2.75) is 33.7 Å². The van der Waals surface area contributed by atoms with Gasteiger partial charge in [-0.05, 0) is 45.4 Å². The minimum atomic E-state index is -0.675. The van der Waals surface area contributed by atoms with Gasteiger partial charge < -0.3 is 14.6 Å². The Bertz CT molecular complexity index is 824. The van der Waals surface area contributed by atoms with E-state index in [4.69, 9.17) is 4.74 Å². The number of benzene rings is 1. The quantitative estimate of drug-likeness (QED) is 0.637. The fourth-order valence-corrected chi connectivity index (χ4v) is 2.87. The highest BCUT2D eigenvalue weighted by Crippen LogP contribution is 2.22. The number of nitrogens with zero attached hydrogens (tertiary/aromatic N) is 1. The van der Waals surface area contributed by atoms with Gasteiger partial charge in [0.2, 0.25) is 0 Å². The third-order valence-electron chi connectivity index (χ3n) is 4.46. The van der Waals surface area contributed by atoms with Gasteiger partial charge in [0.15, 0.2) is 5.78 Å². The first kappa shape index (κ1) is 19.4. The number of nitrogens with one attached hydrogen (secondary N) is 1. The smallest absolute Gasteiger partial charge is 0.355 e. The molecule has 0 radical (unpaired) electrons. The van der Waals surface area contributed by atoms with Gasteiger partial charge in [-0.1, -0.05) is 18.2 Å². The molecule has 1 heterocycles. The number of ether oxygens (including phenoxy) is 1. The molecule has 26 heavy (non-hydrogen) atoms. The van der Waals surface area contributed by atoms with Crippen molar-refractivity contribution in [3.63, 3.8) is 0 Å². The van der Waals surface area contributed by atoms with E-state index >= 15 is 0 Å². The standard InChI is InChI=1S/C20H24N2O4/c1-6-26-20(25)17-12(2)16(13(3)21-17)18(23)14(4)22(5)19(24)15-10-8-7-9-11-15/h7-11,14,21H,6H2,1-5H3. The number of hydrogen-bond donors (Lipinski definition) is 1. The molecule has 0 aliphatic rings. The van der Waals surface area contributed by atoms with Gasteiger partial charge in [-0.3, -0.25) is 9.59 Å². The number of ketones is 1. The van der Waals surface area contributed by atoms with Crippen molar-refractivity contribution < 1.29 is 19.1 Å². The molecule has 2 rings (SSSR count). The summed E-state index contributed by atoms with van der Waals surface area (Å²) in [6, 6.07) is 8.13. The number of esters is 1. The number of aryl methyl sites for hydroxylation is 1. The average molecular weight is 356 g/mol. The summed E-state index contributed by atoms with van der Waals surface area (Å²) in [5.74, 6) is -0.949. The zero-order valence-electron chi connectivity index (χ0n) is 15.8. The topological polar surface area (TPSA) is 79.5 Å². The number of aromatic nitrogens is 1. The second kappa shape index (κ2) is 7.99. The number of likely N-dealkylation sites (N-methyl/N-ethyl adjacent to an activating group) is 1. The molecule has 0 bridgehead atoms. The SMILES string of the molecule is CCOC(=O)c1[nH]c(C)c(C(=O)C(C)N(C)C(=O)c2ccccc2)c1C. The summed E-state index contributed by atoms with van der Waals surface area (Å²) in [5.41, 5.74) is 2.34. The van der Waals surface area contributed by atoms with Crippen LogP contribution in [0, 0.1) is 13.8 Å². The molecule has 0 aliphatic heterocycles. The first-order valence-electron chi connectivity index (χ1n) is 8.52. The first-order chi connectivity index (χ1) is 12.3. The summed E-state index contributed by atoms with van der Waals surface area (Å²) in [4.78, 5) is 41.9. The predicted molar refractivity (Wildman–Crippen MR) is 98.6 cm³/mol. The van der Waals surface area contributed by atoms with Crippen LogP contribution in [-0.4, -0.2) is 47.2 Å². The van der Waals surface area contributed by atoms with Crippen LogP contribution in [0.4, 0.5) is 0 Å². The summed E-state index contributed by atoms with van der Waals surface area (Å²) >= 11 is 0. The highest BCUT2D eigenvalue weighted by atomic mass is 16.5. The maximum absolute atomic E-state index is 13.0. The second-order valence-corrected chi connectivity index (χ2v) is 6.17. The Kier molecular flexibility index (Phi) is 5.97. The fourth-order valence-electron chi connectivity index (χ4n) is 2.87. The van der Waals surface area contributed by atoms with E-state index in [0.29, 0.717) is 22.4 Å². The summed E-state index contributed by atoms with van der Waals surface area (Å²) < 4.78 is 5.01. The van der Waals surface area contributed by atoms with E-state index in [1.165, 1.54) is 4.90 Å². The third kappa shape index (κ3) is 3.69. The van der Waals surface area contributed by atoms with Crippen LogP contribution in [0.25, 0.3) is 0 Å². The molecule has 138 valence electrons. The van der Waals surface area contributed by atoms with Crippen LogP contribution in [-0.2, 0) is 4.74 Å². The Morgan fingerprint density at radius 1 is 1.15 bits per heavy atom. The van der Waals surface area contributed by atoms with E-state index in [-0.39, 0.29) is 24.0 Å². The molecule has 1 N–H and O–H groups in total. The zero-order valence-corrected chi connectivity index (χ0v) is 15.8. The number of Topliss-reactive ketones (excluding diaryl/α,β-unsaturated/α-hetero) is 1. The van der Waals surface area contributed by atoms with Gasteiger partial charge >= 0.3 is 5.97 Å². The van der Waals surface area contributed by atoms with Gasteiger partial charge in [-0.15, -0.1) is 0 Å². The van der Waals surface area contributed by atoms with E-state index in [1.807, 2.05) is 6.07 Å². The van der Waals surface area contributed by atoms with E-state index in [9.17, 15) is 14.4 Å². The van der Waals surface area contributed by atoms with Crippen molar-refractivity contribution in [1.29, 1.82) is 0 Å². The minimum Gasteiger partial charge on any atom is -0.461 e. The lowest BCUT2D eigenvalue weighted by Crippen LogP contribution is -2.40. The van der Waals surface area contributed by atoms with Gasteiger partial charge in [0.25, 0.3) is 5.91 Å². The second-order valence-electron chi connectivity index (χ2n) is 6.17. The molecule has 1 aromatic heterocycles. The highest BCUT2D eigenvalue weighted by molar-refractivity contribution is 6.07. The van der Waals surface area contributed by atoms with Gasteiger partial charge in [0.1, 0.15) is 5.69 Å². The molecule has 0 fully saturated rings. The molecule has 2 aromatic rings. The van der Waals surface area contributed by atoms with Crippen LogP contribution in [0.2, 0.25) is 0 Å². The number of H-pyrrole nitrogens is 1. The first-order valence-corrected chi connectivity index (χ1v) is 8.52. The zero-order chi connectivity index (χ0) is 19.4. The summed E-state index contributed by atoms with van der Waals surface area (Å²) in [6.45, 7) is 7.09. The van der Waals surface area contributed by atoms with E-state index in [0.717, 1.165) is 0 Å². The lowest BCUT2D eigenvalue weighted by molar-refractivity contribution is 0.0519. The monoisotopic (exact) mass is 356 g/mol. The van der Waals surface area contributed by atoms with Crippen LogP contribution in [0.5, 0.6) is 0 Å². The predicted octanol–water partition coefficient (Wildman–Crippen LogP) is 3.15. The summed E-state index contributed by atoms with van der Waals surface area (Å²) in [6.07, 6.45) is 0. The Morgan fingerprint density at radius 2 is 1.77 bits per heavy atom. The largest absolute Gasteiger partial charge is 0.461 e. The Balaban J connectivity index is 2.28. The Morgan fingerprint density at radius 3 is 2.35 bits per heavy atom. The number of aromatic amines is 1. The molecule has 1 unspecified atom stereocenters. The van der Waals surface area contributed by atoms with Crippen LogP contribution < -0.4 is 0 Å². The maximum Gasteiger partial charge on any atom is 0.355 e. The Labute approximate surface area is 153 Å². The molecule has 0 saturated carbocycles. The normalized spacial score (nSPS) is 11.7. The maximum atomic E-state index is 13.0. The molecular weight excluding hydrogens is 332 g/mol. The fraction of sp³-hybridized carbons (Fsp3) is 0.350. The average Bonchev–Trinajstić information content (AvgIpc) is 2.94. The highest BCUT2D eigenvalue weighted by Gasteiger charge is 2.29. The summed E-state index contributed by atoms with van der Waals surface area (Å²) in [5, 5.41) is 0. The Hall–Kier alpha value is -2.89. The van der Waals surface area contributed by atoms with E-state index in [1.54, 1.807) is 59.0 Å². The number of rotatable bonds is 6. The molecule has 1 atom stereocenters. The van der Waals surface area contributed by atoms with Crippen molar-refractivity contribution in [2.75, 3.05) is 13.7 Å². The molecule has 6 nitrogen and oxygen atoms in total. The van der Waals surface area contributed by atoms with Crippen molar-refractivity contribution in [2.24, 2.45) is 0 Å².